The number of amides is 2. The number of aromatic nitrogens is 4. The molecule has 2 heterocycles. The van der Waals surface area contributed by atoms with Crippen LogP contribution in [-0.2, 0) is 48.8 Å². The lowest BCUT2D eigenvalue weighted by Gasteiger charge is -2.23. The molecule has 352 valence electrons. The van der Waals surface area contributed by atoms with Gasteiger partial charge in [0.25, 0.3) is 11.8 Å². The third-order valence-electron chi connectivity index (χ3n) is 10.2. The highest BCUT2D eigenvalue weighted by Gasteiger charge is 2.42. The van der Waals surface area contributed by atoms with E-state index in [1.807, 2.05) is 31.2 Å². The Bertz CT molecular complexity index is 3110. The molecule has 3 atom stereocenters. The molecule has 0 aliphatic carbocycles. The fraction of sp³-hybridized carbons (Fsp3) is 0.227. The summed E-state index contributed by atoms with van der Waals surface area (Å²) in [5.74, 6) is -1.60. The Hall–Kier alpha value is -6.18. The first-order valence-corrected chi connectivity index (χ1v) is 27.4. The van der Waals surface area contributed by atoms with Gasteiger partial charge in [0.1, 0.15) is 5.49 Å². The number of hydrogen-bond donors (Lipinski definition) is 4. The maximum absolute atomic E-state index is 13.8. The smallest absolute Gasteiger partial charge is 0.348 e. The molecule has 23 heteroatoms. The van der Waals surface area contributed by atoms with E-state index in [1.165, 1.54) is 74.5 Å². The van der Waals surface area contributed by atoms with Crippen LogP contribution in [0.3, 0.4) is 0 Å². The Balaban J connectivity index is 1.04. The predicted octanol–water partition coefficient (Wildman–Crippen LogP) is 7.47. The van der Waals surface area contributed by atoms with Crippen LogP contribution in [0.5, 0.6) is 0 Å². The molecular formula is C44H48N8O11P2S2. The lowest BCUT2D eigenvalue weighted by molar-refractivity contribution is 0.101. The first-order chi connectivity index (χ1) is 31.6. The summed E-state index contributed by atoms with van der Waals surface area (Å²) >= 11 is 0. The molecule has 2 unspecified atom stereocenters. The lowest BCUT2D eigenvalue weighted by atomic mass is 10.1. The minimum Gasteiger partial charge on any atom is -0.382 e. The van der Waals surface area contributed by atoms with E-state index in [9.17, 15) is 35.6 Å². The number of nitrogens with zero attached hydrogens (tertiary/aromatic N) is 4. The van der Waals surface area contributed by atoms with Crippen LogP contribution in [0.15, 0.2) is 119 Å². The van der Waals surface area contributed by atoms with Crippen molar-refractivity contribution in [3.63, 3.8) is 0 Å². The predicted molar refractivity (Wildman–Crippen MR) is 255 cm³/mol. The molecule has 0 saturated heterocycles. The van der Waals surface area contributed by atoms with Crippen LogP contribution in [0.25, 0.3) is 22.5 Å². The number of anilines is 4. The zero-order valence-electron chi connectivity index (χ0n) is 36.9. The summed E-state index contributed by atoms with van der Waals surface area (Å²) < 4.78 is 95.2. The standard InChI is InChI=1S/C44H48N8O11P2S2/c1-6-62-64(5,55)27-66(57,58)35-19-15-33(16-20-35)49-43(53)40-42(46)48-26-38(52-40)32-13-9-30(10-14-32)23-24-63-65(56,61-4)29(3)67(59,60)36-21-17-34(18-22-36)50-44(54)39-41(45)47-25-37(51-39)31-11-7-28(2)8-12-31/h7-22,25-26,29H,6,23-24,27H2,1-5H3,(H2,45,47)(H2,46,48)(H,49,53)(H,50,54)/t29?,64-,65?/m1/s1. The largest absolute Gasteiger partial charge is 0.382 e. The number of carbonyl (C=O) groups is 2. The van der Waals surface area contributed by atoms with Crippen molar-refractivity contribution in [2.45, 2.75) is 42.0 Å². The Labute approximate surface area is 388 Å². The van der Waals surface area contributed by atoms with E-state index in [2.05, 4.69) is 30.6 Å². The summed E-state index contributed by atoms with van der Waals surface area (Å²) in [7, 11) is -14.7. The summed E-state index contributed by atoms with van der Waals surface area (Å²) in [6.07, 6.45) is 3.06. The molecule has 0 saturated carbocycles. The van der Waals surface area contributed by atoms with Gasteiger partial charge in [-0.05, 0) is 81.3 Å². The van der Waals surface area contributed by atoms with Crippen LogP contribution in [0.4, 0.5) is 23.0 Å². The highest BCUT2D eigenvalue weighted by molar-refractivity contribution is 7.98. The van der Waals surface area contributed by atoms with Crippen molar-refractivity contribution >= 4 is 69.5 Å². The minimum atomic E-state index is -4.28. The van der Waals surface area contributed by atoms with E-state index in [0.29, 0.717) is 17.0 Å². The van der Waals surface area contributed by atoms with Crippen LogP contribution in [0.1, 0.15) is 46.0 Å². The van der Waals surface area contributed by atoms with Crippen LogP contribution < -0.4 is 22.1 Å². The quantitative estimate of drug-likeness (QED) is 0.0572. The van der Waals surface area contributed by atoms with E-state index < -0.39 is 56.9 Å². The van der Waals surface area contributed by atoms with E-state index >= 15 is 0 Å². The number of nitrogens with one attached hydrogen (secondary N) is 2. The van der Waals surface area contributed by atoms with Gasteiger partial charge in [-0.15, -0.1) is 0 Å². The zero-order chi connectivity index (χ0) is 48.7. The molecule has 0 fully saturated rings. The molecule has 67 heavy (non-hydrogen) atoms. The fourth-order valence-corrected chi connectivity index (χ4v) is 15.0. The van der Waals surface area contributed by atoms with Gasteiger partial charge in [0.05, 0.1) is 46.8 Å². The summed E-state index contributed by atoms with van der Waals surface area (Å²) in [5.41, 5.74) is 15.3. The maximum atomic E-state index is 13.8. The highest BCUT2D eigenvalue weighted by Crippen LogP contribution is 2.55. The van der Waals surface area contributed by atoms with Gasteiger partial charge in [-0.1, -0.05) is 54.1 Å². The third kappa shape index (κ3) is 12.2. The van der Waals surface area contributed by atoms with Crippen LogP contribution in [0, 0.1) is 6.92 Å². The van der Waals surface area contributed by atoms with E-state index in [0.717, 1.165) is 23.8 Å². The first kappa shape index (κ1) is 50.2. The number of hydrogen-bond acceptors (Lipinski definition) is 17. The van der Waals surface area contributed by atoms with Gasteiger partial charge in [-0.2, -0.15) is 0 Å². The molecule has 0 aliphatic heterocycles. The maximum Gasteiger partial charge on any atom is 0.348 e. The minimum absolute atomic E-state index is 0.0901. The van der Waals surface area contributed by atoms with Gasteiger partial charge in [-0.3, -0.25) is 18.7 Å². The second-order valence-electron chi connectivity index (χ2n) is 15.1. The number of benzene rings is 4. The van der Waals surface area contributed by atoms with Gasteiger partial charge >= 0.3 is 7.60 Å². The molecule has 6 aromatic rings. The molecule has 0 spiro atoms. The fourth-order valence-electron chi connectivity index (χ4n) is 6.49. The molecule has 6 N–H and O–H groups in total. The normalized spacial score (nSPS) is 14.0. The monoisotopic (exact) mass is 990 g/mol. The average molecular weight is 991 g/mol. The second kappa shape index (κ2) is 20.8. The summed E-state index contributed by atoms with van der Waals surface area (Å²) in [4.78, 5) is 41.5. The number of sulfone groups is 2. The SMILES string of the molecule is CCO[P@@](C)(=O)CS(=O)(=O)c1ccc(NC(=O)c2nc(-c3ccc(CCOP(=O)(OC)C(C)S(=O)(=O)c4ccc(NC(=O)c5nc(-c6ccc(C)cc6)cnc5N)cc4)cc3)cnc2N)cc1. The molecule has 6 rings (SSSR count). The average Bonchev–Trinajstić information content (AvgIpc) is 3.29. The van der Waals surface area contributed by atoms with Crippen LogP contribution in [-0.4, -0.2) is 86.1 Å². The van der Waals surface area contributed by atoms with Crippen molar-refractivity contribution in [3.8, 4) is 22.5 Å². The number of aryl methyl sites for hydroxylation is 1. The van der Waals surface area contributed by atoms with Gasteiger partial charge in [-0.25, -0.2) is 36.8 Å². The highest BCUT2D eigenvalue weighted by atomic mass is 32.2. The van der Waals surface area contributed by atoms with E-state index in [-0.39, 0.29) is 63.8 Å². The van der Waals surface area contributed by atoms with Gasteiger partial charge < -0.3 is 35.7 Å². The topological polar surface area (TPSA) is 292 Å². The summed E-state index contributed by atoms with van der Waals surface area (Å²) in [6, 6.07) is 24.9. The van der Waals surface area contributed by atoms with Crippen LogP contribution in [0.2, 0.25) is 0 Å². The summed E-state index contributed by atoms with van der Waals surface area (Å²) in [5, 5.41) is 5.27. The molecule has 0 aliphatic rings. The number of carbonyl (C=O) groups excluding carboxylic acids is 2. The zero-order valence-corrected chi connectivity index (χ0v) is 40.4. The molecule has 0 bridgehead atoms. The molecule has 19 nitrogen and oxygen atoms in total. The molecule has 4 aromatic carbocycles. The molecule has 2 aromatic heterocycles. The lowest BCUT2D eigenvalue weighted by Crippen LogP contribution is -2.21. The Kier molecular flexibility index (Phi) is 15.6. The van der Waals surface area contributed by atoms with Gasteiger partial charge in [0.15, 0.2) is 47.7 Å². The Morgan fingerprint density at radius 3 is 1.63 bits per heavy atom. The van der Waals surface area contributed by atoms with E-state index in [1.54, 1.807) is 31.2 Å². The summed E-state index contributed by atoms with van der Waals surface area (Å²) in [6.45, 7) is 5.99. The number of rotatable bonds is 19. The first-order valence-electron chi connectivity index (χ1n) is 20.4. The Morgan fingerprint density at radius 1 is 0.701 bits per heavy atom. The van der Waals surface area contributed by atoms with Crippen molar-refractivity contribution in [1.29, 1.82) is 0 Å². The van der Waals surface area contributed by atoms with Crippen molar-refractivity contribution in [2.24, 2.45) is 0 Å². The third-order valence-corrected chi connectivity index (χ3v) is 20.6. The van der Waals surface area contributed by atoms with Gasteiger partial charge in [0.2, 0.25) is 7.37 Å². The number of nitrogens with two attached hydrogens (primary N) is 2. The van der Waals surface area contributed by atoms with Crippen LogP contribution >= 0.6 is 15.0 Å². The Morgan fingerprint density at radius 2 is 1.16 bits per heavy atom. The van der Waals surface area contributed by atoms with Crippen molar-refractivity contribution in [3.05, 3.63) is 132 Å². The van der Waals surface area contributed by atoms with E-state index in [4.69, 9.17) is 25.0 Å². The number of nitrogen functional groups attached to an aromatic ring is 2. The van der Waals surface area contributed by atoms with Crippen molar-refractivity contribution in [1.82, 2.24) is 19.9 Å². The van der Waals surface area contributed by atoms with Crippen molar-refractivity contribution in [2.75, 3.05) is 54.6 Å². The van der Waals surface area contributed by atoms with Crippen molar-refractivity contribution < 1.29 is 49.1 Å². The van der Waals surface area contributed by atoms with Gasteiger partial charge in [0, 0.05) is 36.3 Å². The second-order valence-corrected chi connectivity index (χ2v) is 25.2. The molecular weight excluding hydrogens is 943 g/mol. The molecule has 0 radical (unpaired) electrons. The molecule has 2 amide bonds.